The molecule has 3 nitrogen and oxygen atoms in total. The van der Waals surface area contributed by atoms with E-state index in [2.05, 4.69) is 25.7 Å². The number of thiophene rings is 1. The second kappa shape index (κ2) is 6.43. The monoisotopic (exact) mass is 291 g/mol. The number of nitrogens with zero attached hydrogens (tertiary/aromatic N) is 1. The van der Waals surface area contributed by atoms with E-state index >= 15 is 0 Å². The number of aliphatic hydroxyl groups excluding tert-OH is 1. The number of piperidine rings is 1. The van der Waals surface area contributed by atoms with Crippen molar-refractivity contribution in [1.82, 2.24) is 4.90 Å². The maximum atomic E-state index is 12.6. The van der Waals surface area contributed by atoms with Gasteiger partial charge in [0.25, 0.3) is 5.91 Å². The first-order valence-electron chi connectivity index (χ1n) is 7.00. The Balaban J connectivity index is 2.14. The fraction of sp³-hybridized carbons (Fsp3) is 0.562. The lowest BCUT2D eigenvalue weighted by Gasteiger charge is -2.37. The molecule has 1 aromatic rings. The van der Waals surface area contributed by atoms with E-state index in [0.717, 1.165) is 30.0 Å². The highest BCUT2D eigenvalue weighted by Gasteiger charge is 2.30. The Bertz CT molecular complexity index is 536. The molecule has 1 aromatic heterocycles. The summed E-state index contributed by atoms with van der Waals surface area (Å²) in [4.78, 5) is 15.3. The zero-order valence-electron chi connectivity index (χ0n) is 12.1. The van der Waals surface area contributed by atoms with E-state index in [-0.39, 0.29) is 17.9 Å². The Hall–Kier alpha value is -1.31. The van der Waals surface area contributed by atoms with E-state index in [0.29, 0.717) is 6.42 Å². The average Bonchev–Trinajstić information content (AvgIpc) is 2.85. The molecule has 0 spiro atoms. The quantitative estimate of drug-likeness (QED) is 0.851. The molecule has 0 saturated carbocycles. The van der Waals surface area contributed by atoms with Crippen LogP contribution in [0, 0.1) is 17.3 Å². The maximum absolute atomic E-state index is 12.6. The van der Waals surface area contributed by atoms with Crippen molar-refractivity contribution in [2.75, 3.05) is 19.7 Å². The number of carbonyl (C=O) groups excluding carboxylic acids is 1. The van der Waals surface area contributed by atoms with Crippen LogP contribution in [0.4, 0.5) is 0 Å². The number of rotatable bonds is 2. The second-order valence-electron chi connectivity index (χ2n) is 5.93. The van der Waals surface area contributed by atoms with Crippen molar-refractivity contribution in [3.05, 3.63) is 21.9 Å². The molecular weight excluding hydrogens is 270 g/mol. The van der Waals surface area contributed by atoms with Gasteiger partial charge in [0.1, 0.15) is 4.88 Å². The highest BCUT2D eigenvalue weighted by Crippen LogP contribution is 2.30. The summed E-state index contributed by atoms with van der Waals surface area (Å²) in [5.74, 6) is 5.97. The molecule has 1 amide bonds. The molecule has 2 rings (SSSR count). The van der Waals surface area contributed by atoms with Gasteiger partial charge in [0, 0.05) is 25.1 Å². The zero-order chi connectivity index (χ0) is 14.6. The first kappa shape index (κ1) is 15.1. The summed E-state index contributed by atoms with van der Waals surface area (Å²) in [6, 6.07) is 1.89. The predicted octanol–water partition coefficient (Wildman–Crippen LogP) is 2.74. The number of amides is 1. The van der Waals surface area contributed by atoms with Crippen LogP contribution in [-0.4, -0.2) is 35.6 Å². The van der Waals surface area contributed by atoms with Gasteiger partial charge in [-0.1, -0.05) is 25.7 Å². The average molecular weight is 291 g/mol. The molecule has 1 fully saturated rings. The molecular formula is C16H21NO2S. The second-order valence-corrected chi connectivity index (χ2v) is 6.85. The van der Waals surface area contributed by atoms with Crippen LogP contribution >= 0.6 is 11.3 Å². The van der Waals surface area contributed by atoms with Gasteiger partial charge in [-0.15, -0.1) is 11.3 Å². The minimum absolute atomic E-state index is 0.0563. The first-order valence-corrected chi connectivity index (χ1v) is 7.88. The SMILES string of the molecule is CC1(C)CCCN(C(=O)c2sccc2C#CCCO)C1. The fourth-order valence-corrected chi connectivity index (χ4v) is 3.34. The third-order valence-electron chi connectivity index (χ3n) is 3.51. The van der Waals surface area contributed by atoms with Gasteiger partial charge in [0.2, 0.25) is 0 Å². The molecule has 2 heterocycles. The predicted molar refractivity (Wildman–Crippen MR) is 81.8 cm³/mol. The standard InChI is InChI=1S/C16H21NO2S/c1-16(2)8-5-9-17(12-16)15(19)14-13(7-11-20-14)6-3-4-10-18/h7,11,18H,4-5,8-10,12H2,1-2H3. The lowest BCUT2D eigenvalue weighted by Crippen LogP contribution is -2.43. The Morgan fingerprint density at radius 1 is 1.55 bits per heavy atom. The number of aliphatic hydroxyl groups is 1. The van der Waals surface area contributed by atoms with E-state index in [1.807, 2.05) is 16.3 Å². The molecule has 108 valence electrons. The summed E-state index contributed by atoms with van der Waals surface area (Å²) in [6.45, 7) is 6.13. The van der Waals surface area contributed by atoms with Crippen LogP contribution < -0.4 is 0 Å². The van der Waals surface area contributed by atoms with Crippen molar-refractivity contribution in [2.24, 2.45) is 5.41 Å². The third-order valence-corrected chi connectivity index (χ3v) is 4.41. The summed E-state index contributed by atoms with van der Waals surface area (Å²) < 4.78 is 0. The molecule has 1 N–H and O–H groups in total. The molecule has 0 unspecified atom stereocenters. The number of hydrogen-bond acceptors (Lipinski definition) is 3. The van der Waals surface area contributed by atoms with Gasteiger partial charge < -0.3 is 10.0 Å². The Kier molecular flexibility index (Phi) is 4.85. The van der Waals surface area contributed by atoms with Crippen LogP contribution in [0.3, 0.4) is 0 Å². The summed E-state index contributed by atoms with van der Waals surface area (Å²) in [5.41, 5.74) is 0.991. The van der Waals surface area contributed by atoms with Crippen LogP contribution in [0.2, 0.25) is 0 Å². The van der Waals surface area contributed by atoms with Crippen molar-refractivity contribution < 1.29 is 9.90 Å². The minimum atomic E-state index is 0.0563. The van der Waals surface area contributed by atoms with Crippen LogP contribution in [0.25, 0.3) is 0 Å². The smallest absolute Gasteiger partial charge is 0.265 e. The van der Waals surface area contributed by atoms with E-state index < -0.39 is 0 Å². The van der Waals surface area contributed by atoms with Gasteiger partial charge in [0.05, 0.1) is 6.61 Å². The molecule has 4 heteroatoms. The van der Waals surface area contributed by atoms with Gasteiger partial charge in [-0.3, -0.25) is 4.79 Å². The van der Waals surface area contributed by atoms with Crippen molar-refractivity contribution in [1.29, 1.82) is 0 Å². The highest BCUT2D eigenvalue weighted by atomic mass is 32.1. The normalized spacial score (nSPS) is 17.4. The molecule has 1 aliphatic rings. The van der Waals surface area contributed by atoms with E-state index in [9.17, 15) is 4.79 Å². The lowest BCUT2D eigenvalue weighted by molar-refractivity contribution is 0.0588. The molecule has 0 atom stereocenters. The topological polar surface area (TPSA) is 40.5 Å². The van der Waals surface area contributed by atoms with Gasteiger partial charge >= 0.3 is 0 Å². The number of likely N-dealkylation sites (tertiary alicyclic amines) is 1. The fourth-order valence-electron chi connectivity index (χ4n) is 2.53. The highest BCUT2D eigenvalue weighted by molar-refractivity contribution is 7.12. The lowest BCUT2D eigenvalue weighted by atomic mass is 9.84. The van der Waals surface area contributed by atoms with Gasteiger partial charge in [-0.05, 0) is 29.7 Å². The van der Waals surface area contributed by atoms with Gasteiger partial charge in [-0.2, -0.15) is 0 Å². The Morgan fingerprint density at radius 3 is 3.05 bits per heavy atom. The van der Waals surface area contributed by atoms with E-state index in [1.165, 1.54) is 17.8 Å². The van der Waals surface area contributed by atoms with Crippen LogP contribution in [0.1, 0.15) is 48.3 Å². The summed E-state index contributed by atoms with van der Waals surface area (Å²) in [7, 11) is 0. The zero-order valence-corrected chi connectivity index (χ0v) is 12.9. The van der Waals surface area contributed by atoms with Crippen LogP contribution in [-0.2, 0) is 0 Å². The first-order chi connectivity index (χ1) is 9.53. The van der Waals surface area contributed by atoms with Crippen molar-refractivity contribution in [3.63, 3.8) is 0 Å². The molecule has 0 aromatic carbocycles. The number of hydrogen-bond donors (Lipinski definition) is 1. The van der Waals surface area contributed by atoms with E-state index in [1.54, 1.807) is 0 Å². The minimum Gasteiger partial charge on any atom is -0.395 e. The molecule has 20 heavy (non-hydrogen) atoms. The Labute approximate surface area is 124 Å². The summed E-state index contributed by atoms with van der Waals surface area (Å²) in [5, 5.41) is 10.7. The largest absolute Gasteiger partial charge is 0.395 e. The van der Waals surface area contributed by atoms with Crippen LogP contribution in [0.15, 0.2) is 11.4 Å². The van der Waals surface area contributed by atoms with E-state index in [4.69, 9.17) is 5.11 Å². The number of carbonyl (C=O) groups is 1. The van der Waals surface area contributed by atoms with Crippen molar-refractivity contribution >= 4 is 17.2 Å². The molecule has 1 saturated heterocycles. The summed E-state index contributed by atoms with van der Waals surface area (Å²) in [6.07, 6.45) is 2.68. The van der Waals surface area contributed by atoms with Crippen molar-refractivity contribution in [3.8, 4) is 11.8 Å². The Morgan fingerprint density at radius 2 is 2.35 bits per heavy atom. The molecule has 0 aliphatic carbocycles. The third kappa shape index (κ3) is 3.62. The molecule has 0 bridgehead atoms. The maximum Gasteiger partial charge on any atom is 0.265 e. The summed E-state index contributed by atoms with van der Waals surface area (Å²) >= 11 is 1.45. The van der Waals surface area contributed by atoms with Crippen LogP contribution in [0.5, 0.6) is 0 Å². The molecule has 0 radical (unpaired) electrons. The van der Waals surface area contributed by atoms with Crippen molar-refractivity contribution in [2.45, 2.75) is 33.1 Å². The molecule has 1 aliphatic heterocycles. The van der Waals surface area contributed by atoms with Gasteiger partial charge in [0.15, 0.2) is 0 Å². The van der Waals surface area contributed by atoms with Gasteiger partial charge in [-0.25, -0.2) is 0 Å².